The molecule has 0 unspecified atom stereocenters. The van der Waals surface area contributed by atoms with Gasteiger partial charge in [0.2, 0.25) is 0 Å². The van der Waals surface area contributed by atoms with E-state index in [0.29, 0.717) is 23.5 Å². The lowest BCUT2D eigenvalue weighted by atomic mass is 10.0. The molecule has 4 nitrogen and oxygen atoms in total. The maximum absolute atomic E-state index is 13.3. The van der Waals surface area contributed by atoms with Gasteiger partial charge in [0.15, 0.2) is 0 Å². The number of nitrogens with one attached hydrogen (secondary N) is 1. The van der Waals surface area contributed by atoms with Crippen molar-refractivity contribution in [3.8, 4) is 5.75 Å². The maximum atomic E-state index is 13.3. The predicted molar refractivity (Wildman–Crippen MR) is 102 cm³/mol. The van der Waals surface area contributed by atoms with Crippen molar-refractivity contribution in [2.75, 3.05) is 0 Å². The maximum Gasteiger partial charge on any atom is 0.251 e. The SMILES string of the molecule is Cc1cc(C(=O)NCc2cc(F)cc(F)c2)cc(C)c1OCc1cccnc1. The highest BCUT2D eigenvalue weighted by atomic mass is 19.1. The van der Waals surface area contributed by atoms with Crippen LogP contribution in [0.15, 0.2) is 54.9 Å². The molecule has 0 aliphatic carbocycles. The van der Waals surface area contributed by atoms with E-state index in [-0.39, 0.29) is 12.5 Å². The number of carbonyl (C=O) groups is 1. The monoisotopic (exact) mass is 382 g/mol. The van der Waals surface area contributed by atoms with Crippen LogP contribution < -0.4 is 10.1 Å². The highest BCUT2D eigenvalue weighted by molar-refractivity contribution is 5.94. The molecule has 0 radical (unpaired) electrons. The summed E-state index contributed by atoms with van der Waals surface area (Å²) in [4.78, 5) is 16.5. The van der Waals surface area contributed by atoms with E-state index in [2.05, 4.69) is 10.3 Å². The van der Waals surface area contributed by atoms with Gasteiger partial charge >= 0.3 is 0 Å². The molecule has 6 heteroatoms. The molecule has 1 aromatic heterocycles. The quantitative estimate of drug-likeness (QED) is 0.684. The van der Waals surface area contributed by atoms with Gasteiger partial charge in [-0.3, -0.25) is 9.78 Å². The van der Waals surface area contributed by atoms with Gasteiger partial charge in [0.25, 0.3) is 5.91 Å². The third kappa shape index (κ3) is 4.91. The highest BCUT2D eigenvalue weighted by Crippen LogP contribution is 2.26. The van der Waals surface area contributed by atoms with Gasteiger partial charge in [0, 0.05) is 36.1 Å². The zero-order chi connectivity index (χ0) is 20.1. The summed E-state index contributed by atoms with van der Waals surface area (Å²) in [6, 6.07) is 10.4. The van der Waals surface area contributed by atoms with Crippen LogP contribution in [-0.4, -0.2) is 10.9 Å². The topological polar surface area (TPSA) is 51.2 Å². The minimum absolute atomic E-state index is 0.0326. The lowest BCUT2D eigenvalue weighted by Crippen LogP contribution is -2.23. The Bertz CT molecular complexity index is 948. The molecule has 0 bridgehead atoms. The van der Waals surface area contributed by atoms with Crippen LogP contribution in [0.3, 0.4) is 0 Å². The summed E-state index contributed by atoms with van der Waals surface area (Å²) in [6.07, 6.45) is 3.44. The van der Waals surface area contributed by atoms with E-state index in [1.807, 2.05) is 26.0 Å². The van der Waals surface area contributed by atoms with E-state index in [9.17, 15) is 13.6 Å². The summed E-state index contributed by atoms with van der Waals surface area (Å²) in [5.74, 6) is -0.959. The van der Waals surface area contributed by atoms with Crippen LogP contribution in [0.5, 0.6) is 5.75 Å². The fourth-order valence-electron chi connectivity index (χ4n) is 2.95. The van der Waals surface area contributed by atoms with Crippen molar-refractivity contribution in [1.82, 2.24) is 10.3 Å². The Hall–Kier alpha value is -3.28. The molecule has 0 aliphatic rings. The minimum Gasteiger partial charge on any atom is -0.488 e. The molecule has 28 heavy (non-hydrogen) atoms. The third-order valence-corrected chi connectivity index (χ3v) is 4.20. The highest BCUT2D eigenvalue weighted by Gasteiger charge is 2.12. The van der Waals surface area contributed by atoms with Crippen molar-refractivity contribution in [1.29, 1.82) is 0 Å². The Kier molecular flexibility index (Phi) is 5.99. The van der Waals surface area contributed by atoms with E-state index < -0.39 is 11.6 Å². The summed E-state index contributed by atoms with van der Waals surface area (Å²) in [5, 5.41) is 2.68. The smallest absolute Gasteiger partial charge is 0.251 e. The van der Waals surface area contributed by atoms with Gasteiger partial charge in [0.1, 0.15) is 24.0 Å². The van der Waals surface area contributed by atoms with Crippen LogP contribution in [0, 0.1) is 25.5 Å². The normalized spacial score (nSPS) is 10.6. The van der Waals surface area contributed by atoms with Gasteiger partial charge in [-0.05, 0) is 60.9 Å². The van der Waals surface area contributed by atoms with Crippen LogP contribution in [0.2, 0.25) is 0 Å². The van der Waals surface area contributed by atoms with Crippen molar-refractivity contribution in [3.05, 3.63) is 94.3 Å². The molecule has 0 fully saturated rings. The van der Waals surface area contributed by atoms with Crippen LogP contribution in [0.25, 0.3) is 0 Å². The Morgan fingerprint density at radius 3 is 2.32 bits per heavy atom. The van der Waals surface area contributed by atoms with Crippen molar-refractivity contribution >= 4 is 5.91 Å². The summed E-state index contributed by atoms with van der Waals surface area (Å²) in [6.45, 7) is 4.14. The Morgan fingerprint density at radius 2 is 1.71 bits per heavy atom. The number of halogens is 2. The molecule has 0 saturated heterocycles. The zero-order valence-electron chi connectivity index (χ0n) is 15.6. The standard InChI is InChI=1S/C22H20F2N2O2/c1-14-6-18(22(27)26-12-17-8-19(23)10-20(24)9-17)7-15(2)21(14)28-13-16-4-3-5-25-11-16/h3-11H,12-13H2,1-2H3,(H,26,27). The van der Waals surface area contributed by atoms with Crippen LogP contribution in [-0.2, 0) is 13.2 Å². The second-order valence-electron chi connectivity index (χ2n) is 6.55. The van der Waals surface area contributed by atoms with Crippen molar-refractivity contribution in [2.24, 2.45) is 0 Å². The van der Waals surface area contributed by atoms with Crippen molar-refractivity contribution in [2.45, 2.75) is 27.0 Å². The van der Waals surface area contributed by atoms with Crippen LogP contribution in [0.4, 0.5) is 8.78 Å². The van der Waals surface area contributed by atoms with E-state index in [0.717, 1.165) is 22.8 Å². The lowest BCUT2D eigenvalue weighted by Gasteiger charge is -2.14. The average Bonchev–Trinajstić information content (AvgIpc) is 2.65. The number of hydrogen-bond donors (Lipinski definition) is 1. The Labute approximate surface area is 162 Å². The van der Waals surface area contributed by atoms with E-state index in [1.165, 1.54) is 12.1 Å². The van der Waals surface area contributed by atoms with Crippen molar-refractivity contribution in [3.63, 3.8) is 0 Å². The largest absolute Gasteiger partial charge is 0.488 e. The molecule has 1 amide bonds. The molecule has 144 valence electrons. The molecule has 0 atom stereocenters. The van der Waals surface area contributed by atoms with Crippen LogP contribution >= 0.6 is 0 Å². The van der Waals surface area contributed by atoms with Crippen LogP contribution in [0.1, 0.15) is 32.6 Å². The number of benzene rings is 2. The molecule has 0 saturated carbocycles. The first-order chi connectivity index (χ1) is 13.4. The van der Waals surface area contributed by atoms with Crippen molar-refractivity contribution < 1.29 is 18.3 Å². The summed E-state index contributed by atoms with van der Waals surface area (Å²) in [5.41, 5.74) is 3.42. The predicted octanol–water partition coefficient (Wildman–Crippen LogP) is 4.49. The number of aromatic nitrogens is 1. The summed E-state index contributed by atoms with van der Waals surface area (Å²) < 4.78 is 32.4. The number of pyridine rings is 1. The van der Waals surface area contributed by atoms with Gasteiger partial charge in [-0.25, -0.2) is 8.78 Å². The number of aryl methyl sites for hydroxylation is 2. The molecule has 3 rings (SSSR count). The molecule has 0 spiro atoms. The minimum atomic E-state index is -0.675. The Balaban J connectivity index is 1.67. The average molecular weight is 382 g/mol. The number of carbonyl (C=O) groups excluding carboxylic acids is 1. The molecule has 1 N–H and O–H groups in total. The zero-order valence-corrected chi connectivity index (χ0v) is 15.6. The molecule has 3 aromatic rings. The van der Waals surface area contributed by atoms with Gasteiger partial charge in [-0.1, -0.05) is 6.07 Å². The second-order valence-corrected chi connectivity index (χ2v) is 6.55. The number of hydrogen-bond acceptors (Lipinski definition) is 3. The summed E-state index contributed by atoms with van der Waals surface area (Å²) in [7, 11) is 0. The van der Waals surface area contributed by atoms with Gasteiger partial charge in [-0.15, -0.1) is 0 Å². The number of nitrogens with zero attached hydrogens (tertiary/aromatic N) is 1. The second kappa shape index (κ2) is 8.61. The third-order valence-electron chi connectivity index (χ3n) is 4.20. The molecular weight excluding hydrogens is 362 g/mol. The number of rotatable bonds is 6. The molecular formula is C22H20F2N2O2. The van der Waals surface area contributed by atoms with Gasteiger partial charge in [-0.2, -0.15) is 0 Å². The first-order valence-electron chi connectivity index (χ1n) is 8.78. The van der Waals surface area contributed by atoms with E-state index in [4.69, 9.17) is 4.74 Å². The Morgan fingerprint density at radius 1 is 1.04 bits per heavy atom. The lowest BCUT2D eigenvalue weighted by molar-refractivity contribution is 0.0950. The first kappa shape index (κ1) is 19.5. The fraction of sp³-hybridized carbons (Fsp3) is 0.182. The molecule has 1 heterocycles. The van der Waals surface area contributed by atoms with E-state index >= 15 is 0 Å². The molecule has 0 aliphatic heterocycles. The first-order valence-corrected chi connectivity index (χ1v) is 8.78. The molecule has 2 aromatic carbocycles. The number of ether oxygens (including phenoxy) is 1. The van der Waals surface area contributed by atoms with Gasteiger partial charge in [0.05, 0.1) is 0 Å². The fourth-order valence-corrected chi connectivity index (χ4v) is 2.95. The van der Waals surface area contributed by atoms with E-state index in [1.54, 1.807) is 24.5 Å². The summed E-state index contributed by atoms with van der Waals surface area (Å²) >= 11 is 0. The number of amides is 1. The van der Waals surface area contributed by atoms with Gasteiger partial charge < -0.3 is 10.1 Å².